The van der Waals surface area contributed by atoms with Crippen molar-refractivity contribution in [2.24, 2.45) is 0 Å². The topological polar surface area (TPSA) is 117 Å². The number of carboxylic acids is 1. The molecule has 0 saturated heterocycles. The number of hydrogen-bond donors (Lipinski definition) is 2. The first-order valence-corrected chi connectivity index (χ1v) is 5.08. The number of rotatable bonds is 3. The predicted molar refractivity (Wildman–Crippen MR) is 61.8 cm³/mol. The van der Waals surface area contributed by atoms with Crippen molar-refractivity contribution in [3.8, 4) is 28.8 Å². The Morgan fingerprint density at radius 3 is 2.74 bits per heavy atom. The number of carbonyl (C=O) groups is 1. The molecule has 2 N–H and O–H groups in total. The van der Waals surface area contributed by atoms with Crippen molar-refractivity contribution in [1.29, 1.82) is 5.26 Å². The van der Waals surface area contributed by atoms with Gasteiger partial charge in [-0.25, -0.2) is 4.79 Å². The zero-order chi connectivity index (χ0) is 14.0. The number of benzene rings is 1. The lowest BCUT2D eigenvalue weighted by Gasteiger charge is -2.06. The van der Waals surface area contributed by atoms with Crippen LogP contribution in [0.25, 0.3) is 11.3 Å². The van der Waals surface area contributed by atoms with Gasteiger partial charge in [-0.15, -0.1) is 0 Å². The molecule has 0 spiro atoms. The number of methoxy groups -OCH3 is 1. The Labute approximate surface area is 107 Å². The third kappa shape index (κ3) is 2.19. The highest BCUT2D eigenvalue weighted by Gasteiger charge is 2.17. The van der Waals surface area contributed by atoms with Gasteiger partial charge in [-0.3, -0.25) is 0 Å². The van der Waals surface area contributed by atoms with Crippen molar-refractivity contribution >= 4 is 5.97 Å². The molecule has 7 nitrogen and oxygen atoms in total. The van der Waals surface area contributed by atoms with E-state index in [-0.39, 0.29) is 34.1 Å². The van der Waals surface area contributed by atoms with Crippen LogP contribution in [0.4, 0.5) is 0 Å². The van der Waals surface area contributed by atoms with Gasteiger partial charge in [-0.2, -0.15) is 5.26 Å². The van der Waals surface area contributed by atoms with Crippen LogP contribution in [0, 0.1) is 11.3 Å². The summed E-state index contributed by atoms with van der Waals surface area (Å²) in [7, 11) is 1.37. The average molecular weight is 260 g/mol. The Balaban J connectivity index is 2.55. The molecule has 0 aliphatic carbocycles. The largest absolute Gasteiger partial charge is 0.507 e. The molecule has 0 fully saturated rings. The van der Waals surface area contributed by atoms with Gasteiger partial charge in [0.15, 0.2) is 0 Å². The summed E-state index contributed by atoms with van der Waals surface area (Å²) in [5.41, 5.74) is 0.498. The van der Waals surface area contributed by atoms with Crippen LogP contribution in [-0.2, 0) is 0 Å². The molecule has 0 aliphatic rings. The second kappa shape index (κ2) is 4.70. The van der Waals surface area contributed by atoms with Crippen LogP contribution in [-0.4, -0.2) is 28.4 Å². The second-order valence-corrected chi connectivity index (χ2v) is 3.56. The van der Waals surface area contributed by atoms with E-state index in [1.54, 1.807) is 0 Å². The van der Waals surface area contributed by atoms with Crippen molar-refractivity contribution in [2.45, 2.75) is 0 Å². The Morgan fingerprint density at radius 1 is 1.47 bits per heavy atom. The molecule has 0 amide bonds. The lowest BCUT2D eigenvalue weighted by Crippen LogP contribution is -1.92. The van der Waals surface area contributed by atoms with E-state index in [1.165, 1.54) is 19.2 Å². The van der Waals surface area contributed by atoms with Crippen LogP contribution in [0.1, 0.15) is 16.1 Å². The first kappa shape index (κ1) is 12.4. The molecule has 0 saturated carbocycles. The minimum Gasteiger partial charge on any atom is -0.507 e. The van der Waals surface area contributed by atoms with Crippen molar-refractivity contribution in [1.82, 2.24) is 5.16 Å². The van der Waals surface area contributed by atoms with E-state index in [9.17, 15) is 9.90 Å². The normalized spacial score (nSPS) is 9.89. The van der Waals surface area contributed by atoms with Gasteiger partial charge >= 0.3 is 5.97 Å². The van der Waals surface area contributed by atoms with E-state index in [0.717, 1.165) is 6.07 Å². The number of ether oxygens (including phenoxy) is 1. The molecule has 2 aromatic rings. The summed E-state index contributed by atoms with van der Waals surface area (Å²) in [6, 6.07) is 5.66. The van der Waals surface area contributed by atoms with E-state index >= 15 is 0 Å². The predicted octanol–water partition coefficient (Wildman–Crippen LogP) is 1.63. The van der Waals surface area contributed by atoms with Gasteiger partial charge in [0.1, 0.15) is 23.3 Å². The number of nitrogens with zero attached hydrogens (tertiary/aromatic N) is 2. The number of aromatic hydroxyl groups is 1. The Hall–Kier alpha value is -3.01. The number of aromatic carboxylic acids is 1. The maximum Gasteiger partial charge on any atom is 0.374 e. The highest BCUT2D eigenvalue weighted by atomic mass is 16.5. The molecular weight excluding hydrogens is 252 g/mol. The van der Waals surface area contributed by atoms with Gasteiger partial charge < -0.3 is 19.5 Å². The van der Waals surface area contributed by atoms with Crippen molar-refractivity contribution < 1.29 is 24.3 Å². The highest BCUT2D eigenvalue weighted by Crippen LogP contribution is 2.34. The number of hydrogen-bond acceptors (Lipinski definition) is 6. The number of phenols is 1. The molecule has 0 bridgehead atoms. The number of carboxylic acid groups (broad SMARTS) is 1. The standard InChI is InChI=1S/C12H8N2O5/c1-18-10-4-9(15)7(2-6(10)5-13)8-3-11(12(16)17)19-14-8/h2-4,15H,1H3,(H,16,17). The van der Waals surface area contributed by atoms with E-state index in [0.29, 0.717) is 0 Å². The molecule has 19 heavy (non-hydrogen) atoms. The molecule has 7 heteroatoms. The van der Waals surface area contributed by atoms with Crippen LogP contribution in [0.15, 0.2) is 22.7 Å². The summed E-state index contributed by atoms with van der Waals surface area (Å²) in [6.07, 6.45) is 0. The average Bonchev–Trinajstić information content (AvgIpc) is 2.87. The third-order valence-electron chi connectivity index (χ3n) is 2.44. The Morgan fingerprint density at radius 2 is 2.21 bits per heavy atom. The number of phenolic OH excluding ortho intramolecular Hbond substituents is 1. The molecule has 0 radical (unpaired) electrons. The van der Waals surface area contributed by atoms with E-state index in [4.69, 9.17) is 15.1 Å². The summed E-state index contributed by atoms with van der Waals surface area (Å²) in [5.74, 6) is -1.61. The first-order valence-electron chi connectivity index (χ1n) is 5.08. The summed E-state index contributed by atoms with van der Waals surface area (Å²) >= 11 is 0. The SMILES string of the molecule is COc1cc(O)c(-c2cc(C(=O)O)on2)cc1C#N. The van der Waals surface area contributed by atoms with Crippen LogP contribution >= 0.6 is 0 Å². The molecule has 2 rings (SSSR count). The highest BCUT2D eigenvalue weighted by molar-refractivity contribution is 5.86. The fraction of sp³-hybridized carbons (Fsp3) is 0.0833. The van der Waals surface area contributed by atoms with Crippen LogP contribution < -0.4 is 4.74 Å². The Kier molecular flexibility index (Phi) is 3.08. The molecule has 0 unspecified atom stereocenters. The van der Waals surface area contributed by atoms with Crippen LogP contribution in [0.2, 0.25) is 0 Å². The minimum absolute atomic E-state index is 0.119. The number of nitriles is 1. The summed E-state index contributed by atoms with van der Waals surface area (Å²) in [6.45, 7) is 0. The van der Waals surface area contributed by atoms with Gasteiger partial charge in [0, 0.05) is 17.7 Å². The maximum atomic E-state index is 10.7. The fourth-order valence-electron chi connectivity index (χ4n) is 1.53. The summed E-state index contributed by atoms with van der Waals surface area (Å²) in [5, 5.41) is 31.0. The summed E-state index contributed by atoms with van der Waals surface area (Å²) < 4.78 is 9.52. The summed E-state index contributed by atoms with van der Waals surface area (Å²) in [4.78, 5) is 10.7. The maximum absolute atomic E-state index is 10.7. The lowest BCUT2D eigenvalue weighted by atomic mass is 10.1. The molecule has 96 valence electrons. The molecule has 1 aromatic heterocycles. The molecule has 1 aromatic carbocycles. The second-order valence-electron chi connectivity index (χ2n) is 3.56. The van der Waals surface area contributed by atoms with Crippen molar-refractivity contribution in [3.05, 3.63) is 29.5 Å². The zero-order valence-electron chi connectivity index (χ0n) is 9.75. The van der Waals surface area contributed by atoms with Gasteiger partial charge in [0.05, 0.1) is 12.7 Å². The van der Waals surface area contributed by atoms with E-state index in [1.807, 2.05) is 6.07 Å². The van der Waals surface area contributed by atoms with E-state index in [2.05, 4.69) is 9.68 Å². The van der Waals surface area contributed by atoms with Crippen LogP contribution in [0.3, 0.4) is 0 Å². The van der Waals surface area contributed by atoms with Crippen molar-refractivity contribution in [2.75, 3.05) is 7.11 Å². The third-order valence-corrected chi connectivity index (χ3v) is 2.44. The van der Waals surface area contributed by atoms with Crippen molar-refractivity contribution in [3.63, 3.8) is 0 Å². The van der Waals surface area contributed by atoms with Gasteiger partial charge in [0.25, 0.3) is 0 Å². The zero-order valence-corrected chi connectivity index (χ0v) is 9.75. The number of aromatic nitrogens is 1. The molecule has 0 aliphatic heterocycles. The lowest BCUT2D eigenvalue weighted by molar-refractivity contribution is 0.0652. The monoisotopic (exact) mass is 260 g/mol. The van der Waals surface area contributed by atoms with Gasteiger partial charge in [0.2, 0.25) is 5.76 Å². The van der Waals surface area contributed by atoms with E-state index < -0.39 is 5.97 Å². The quantitative estimate of drug-likeness (QED) is 0.861. The van der Waals surface area contributed by atoms with Crippen LogP contribution in [0.5, 0.6) is 11.5 Å². The van der Waals surface area contributed by atoms with Gasteiger partial charge in [-0.1, -0.05) is 5.16 Å². The molecule has 1 heterocycles. The fourth-order valence-corrected chi connectivity index (χ4v) is 1.53. The molecular formula is C12H8N2O5. The first-order chi connectivity index (χ1) is 9.06. The smallest absolute Gasteiger partial charge is 0.374 e. The molecule has 0 atom stereocenters. The van der Waals surface area contributed by atoms with Gasteiger partial charge in [-0.05, 0) is 6.07 Å². The Bertz CT molecular complexity index is 684. The minimum atomic E-state index is -1.27.